The van der Waals surface area contributed by atoms with Crippen molar-refractivity contribution in [3.63, 3.8) is 0 Å². The normalized spacial score (nSPS) is 10.4. The molecule has 0 aliphatic carbocycles. The molecule has 0 radical (unpaired) electrons. The van der Waals surface area contributed by atoms with Crippen LogP contribution < -0.4 is 9.47 Å². The lowest BCUT2D eigenvalue weighted by Gasteiger charge is -2.19. The monoisotopic (exact) mass is 347 g/mol. The van der Waals surface area contributed by atoms with Gasteiger partial charge in [0.05, 0.1) is 26.0 Å². The highest BCUT2D eigenvalue weighted by molar-refractivity contribution is 5.97. The number of methoxy groups -OCH3 is 2. The van der Waals surface area contributed by atoms with E-state index < -0.39 is 5.97 Å². The molecule has 0 aliphatic heterocycles. The molecule has 0 bridgehead atoms. The van der Waals surface area contributed by atoms with Gasteiger partial charge < -0.3 is 23.9 Å². The summed E-state index contributed by atoms with van der Waals surface area (Å²) in [6.45, 7) is 2.01. The van der Waals surface area contributed by atoms with Crippen LogP contribution >= 0.6 is 0 Å². The van der Waals surface area contributed by atoms with Gasteiger partial charge in [0.15, 0.2) is 0 Å². The minimum Gasteiger partial charge on any atom is -0.497 e. The maximum Gasteiger partial charge on any atom is 0.311 e. The molecule has 2 aromatic rings. The van der Waals surface area contributed by atoms with Crippen LogP contribution in [0.5, 0.6) is 11.5 Å². The fourth-order valence-corrected chi connectivity index (χ4v) is 2.55. The average Bonchev–Trinajstić information content (AvgIpc) is 2.94. The Morgan fingerprint density at radius 2 is 1.96 bits per heavy atom. The lowest BCUT2D eigenvalue weighted by atomic mass is 10.1. The lowest BCUT2D eigenvalue weighted by Crippen LogP contribution is -2.27. The van der Waals surface area contributed by atoms with Gasteiger partial charge in [-0.3, -0.25) is 9.59 Å². The number of furan rings is 1. The Morgan fingerprint density at radius 1 is 1.24 bits per heavy atom. The maximum absolute atomic E-state index is 12.8. The van der Waals surface area contributed by atoms with Crippen LogP contribution in [0.4, 0.5) is 0 Å². The number of carbonyl (C=O) groups excluding carboxylic acids is 1. The van der Waals surface area contributed by atoms with Crippen molar-refractivity contribution >= 4 is 11.9 Å². The van der Waals surface area contributed by atoms with Gasteiger partial charge in [0.1, 0.15) is 23.7 Å². The van der Waals surface area contributed by atoms with Crippen LogP contribution in [0.15, 0.2) is 28.9 Å². The number of amides is 1. The molecule has 1 amide bonds. The topological polar surface area (TPSA) is 89.2 Å². The molecule has 7 heteroatoms. The molecule has 1 N–H and O–H groups in total. The molecule has 0 saturated carbocycles. The molecule has 134 valence electrons. The molecule has 0 saturated heterocycles. The number of carboxylic acid groups (broad SMARTS) is 1. The highest BCUT2D eigenvalue weighted by Gasteiger charge is 2.24. The summed E-state index contributed by atoms with van der Waals surface area (Å²) in [7, 11) is 4.75. The Balaban J connectivity index is 2.24. The number of nitrogens with zero attached hydrogens (tertiary/aromatic N) is 1. The largest absolute Gasteiger partial charge is 0.497 e. The zero-order valence-corrected chi connectivity index (χ0v) is 14.7. The van der Waals surface area contributed by atoms with E-state index in [1.807, 2.05) is 6.07 Å². The first-order valence-corrected chi connectivity index (χ1v) is 7.62. The zero-order valence-electron chi connectivity index (χ0n) is 14.7. The summed E-state index contributed by atoms with van der Waals surface area (Å²) < 4.78 is 15.7. The SMILES string of the molecule is COc1ccc(CN(C)C(=O)c2c(C)coc2CC(=O)O)c(OC)c1. The molecule has 25 heavy (non-hydrogen) atoms. The molecular formula is C18H21NO6. The van der Waals surface area contributed by atoms with Gasteiger partial charge >= 0.3 is 5.97 Å². The van der Waals surface area contributed by atoms with Gasteiger partial charge in [-0.1, -0.05) is 0 Å². The number of rotatable bonds is 7. The molecule has 0 spiro atoms. The summed E-state index contributed by atoms with van der Waals surface area (Å²) in [5.74, 6) is 0.0597. The first kappa shape index (κ1) is 18.4. The molecule has 1 aromatic carbocycles. The minimum absolute atomic E-state index is 0.156. The smallest absolute Gasteiger partial charge is 0.311 e. The van der Waals surface area contributed by atoms with E-state index in [4.69, 9.17) is 19.0 Å². The molecule has 0 fully saturated rings. The molecule has 1 aromatic heterocycles. The van der Waals surface area contributed by atoms with Crippen LogP contribution in [-0.4, -0.2) is 43.2 Å². The van der Waals surface area contributed by atoms with Gasteiger partial charge in [-0.2, -0.15) is 0 Å². The number of ether oxygens (including phenoxy) is 2. The number of carbonyl (C=O) groups is 2. The van der Waals surface area contributed by atoms with Crippen molar-refractivity contribution in [1.82, 2.24) is 4.90 Å². The quantitative estimate of drug-likeness (QED) is 0.828. The van der Waals surface area contributed by atoms with Crippen molar-refractivity contribution < 1.29 is 28.6 Å². The molecule has 7 nitrogen and oxygen atoms in total. The second kappa shape index (κ2) is 7.74. The summed E-state index contributed by atoms with van der Waals surface area (Å²) in [6, 6.07) is 5.35. The molecule has 0 unspecified atom stereocenters. The summed E-state index contributed by atoms with van der Waals surface area (Å²) in [4.78, 5) is 25.2. The van der Waals surface area contributed by atoms with Crippen molar-refractivity contribution in [2.75, 3.05) is 21.3 Å². The van der Waals surface area contributed by atoms with Crippen molar-refractivity contribution in [3.05, 3.63) is 46.9 Å². The predicted molar refractivity (Wildman–Crippen MR) is 90.1 cm³/mol. The van der Waals surface area contributed by atoms with E-state index in [1.165, 1.54) is 11.2 Å². The van der Waals surface area contributed by atoms with Crippen LogP contribution in [-0.2, 0) is 17.8 Å². The Kier molecular flexibility index (Phi) is 5.69. The Bertz CT molecular complexity index is 780. The molecule has 1 heterocycles. The van der Waals surface area contributed by atoms with E-state index in [-0.39, 0.29) is 23.7 Å². The zero-order chi connectivity index (χ0) is 18.6. The fraction of sp³-hybridized carbons (Fsp3) is 0.333. The molecule has 0 atom stereocenters. The van der Waals surface area contributed by atoms with Gasteiger partial charge in [-0.25, -0.2) is 0 Å². The van der Waals surface area contributed by atoms with Gasteiger partial charge in [-0.05, 0) is 19.1 Å². The number of hydrogen-bond acceptors (Lipinski definition) is 5. The Morgan fingerprint density at radius 3 is 2.56 bits per heavy atom. The van der Waals surface area contributed by atoms with E-state index >= 15 is 0 Å². The molecule has 0 aliphatic rings. The highest BCUT2D eigenvalue weighted by atomic mass is 16.5. The lowest BCUT2D eigenvalue weighted by molar-refractivity contribution is -0.136. The number of aryl methyl sites for hydroxylation is 1. The summed E-state index contributed by atoms with van der Waals surface area (Å²) in [6.07, 6.45) is 1.06. The van der Waals surface area contributed by atoms with E-state index in [2.05, 4.69) is 0 Å². The van der Waals surface area contributed by atoms with Crippen molar-refractivity contribution in [2.45, 2.75) is 19.9 Å². The van der Waals surface area contributed by atoms with Crippen molar-refractivity contribution in [3.8, 4) is 11.5 Å². The third-order valence-electron chi connectivity index (χ3n) is 3.83. The summed E-state index contributed by atoms with van der Waals surface area (Å²) in [5, 5.41) is 8.96. The number of benzene rings is 1. The Hall–Kier alpha value is -2.96. The number of hydrogen-bond donors (Lipinski definition) is 1. The minimum atomic E-state index is -1.05. The van der Waals surface area contributed by atoms with Gasteiger partial charge in [0.25, 0.3) is 5.91 Å². The van der Waals surface area contributed by atoms with Crippen LogP contribution in [0, 0.1) is 6.92 Å². The van der Waals surface area contributed by atoms with Gasteiger partial charge in [0.2, 0.25) is 0 Å². The molecular weight excluding hydrogens is 326 g/mol. The third-order valence-corrected chi connectivity index (χ3v) is 3.83. The average molecular weight is 347 g/mol. The first-order chi connectivity index (χ1) is 11.9. The standard InChI is InChI=1S/C18H21NO6/c1-11-10-25-15(8-16(20)21)17(11)18(22)19(2)9-12-5-6-13(23-3)7-14(12)24-4/h5-7,10H,8-9H2,1-4H3,(H,20,21). The fourth-order valence-electron chi connectivity index (χ4n) is 2.55. The predicted octanol–water partition coefficient (Wildman–Crippen LogP) is 2.50. The maximum atomic E-state index is 12.8. The van der Waals surface area contributed by atoms with Crippen LogP contribution in [0.1, 0.15) is 27.2 Å². The van der Waals surface area contributed by atoms with Crippen LogP contribution in [0.3, 0.4) is 0 Å². The van der Waals surface area contributed by atoms with E-state index in [0.717, 1.165) is 5.56 Å². The van der Waals surface area contributed by atoms with Crippen molar-refractivity contribution in [2.24, 2.45) is 0 Å². The van der Waals surface area contributed by atoms with Crippen molar-refractivity contribution in [1.29, 1.82) is 0 Å². The number of carboxylic acids is 1. The summed E-state index contributed by atoms with van der Waals surface area (Å²) >= 11 is 0. The highest BCUT2D eigenvalue weighted by Crippen LogP contribution is 2.26. The van der Waals surface area contributed by atoms with Crippen LogP contribution in [0.2, 0.25) is 0 Å². The van der Waals surface area contributed by atoms with E-state index in [9.17, 15) is 9.59 Å². The third kappa shape index (κ3) is 4.12. The second-order valence-electron chi connectivity index (χ2n) is 5.63. The van der Waals surface area contributed by atoms with Gasteiger partial charge in [0, 0.05) is 30.8 Å². The van der Waals surface area contributed by atoms with Gasteiger partial charge in [-0.15, -0.1) is 0 Å². The summed E-state index contributed by atoms with van der Waals surface area (Å²) in [5.41, 5.74) is 1.70. The first-order valence-electron chi connectivity index (χ1n) is 7.62. The van der Waals surface area contributed by atoms with E-state index in [0.29, 0.717) is 23.6 Å². The number of aliphatic carboxylic acids is 1. The Labute approximate surface area is 145 Å². The van der Waals surface area contributed by atoms with Crippen LogP contribution in [0.25, 0.3) is 0 Å². The van der Waals surface area contributed by atoms with E-state index in [1.54, 1.807) is 40.3 Å². The second-order valence-corrected chi connectivity index (χ2v) is 5.63. The molecule has 2 rings (SSSR count).